The van der Waals surface area contributed by atoms with Gasteiger partial charge in [0.15, 0.2) is 0 Å². The number of rotatable bonds is 2. The molecule has 2 N–H and O–H groups in total. The summed E-state index contributed by atoms with van der Waals surface area (Å²) < 4.78 is 12.8. The molecule has 70 valence electrons. The van der Waals surface area contributed by atoms with Crippen molar-refractivity contribution in [3.05, 3.63) is 35.6 Å². The first kappa shape index (κ1) is 8.70. The van der Waals surface area contributed by atoms with Crippen molar-refractivity contribution in [3.8, 4) is 0 Å². The first-order chi connectivity index (χ1) is 6.25. The number of nitrogens with two attached hydrogens (primary N) is 1. The number of hydrogen-bond acceptors (Lipinski definition) is 1. The van der Waals surface area contributed by atoms with Gasteiger partial charge in [-0.3, -0.25) is 0 Å². The SMILES string of the molecule is NC1CCC1Cc1cccc(F)c1. The molecule has 1 aromatic carbocycles. The summed E-state index contributed by atoms with van der Waals surface area (Å²) in [5, 5.41) is 0. The maximum absolute atomic E-state index is 12.8. The van der Waals surface area contributed by atoms with Crippen LogP contribution in [-0.4, -0.2) is 6.04 Å². The Morgan fingerprint density at radius 2 is 2.23 bits per heavy atom. The van der Waals surface area contributed by atoms with Crippen LogP contribution in [0.15, 0.2) is 24.3 Å². The number of hydrogen-bond donors (Lipinski definition) is 1. The maximum atomic E-state index is 12.8. The fourth-order valence-electron chi connectivity index (χ4n) is 1.81. The normalized spacial score (nSPS) is 26.9. The average molecular weight is 179 g/mol. The Bertz CT molecular complexity index is 298. The minimum Gasteiger partial charge on any atom is -0.327 e. The van der Waals surface area contributed by atoms with Crippen LogP contribution >= 0.6 is 0 Å². The Kier molecular flexibility index (Phi) is 2.32. The van der Waals surface area contributed by atoms with Crippen LogP contribution in [0.1, 0.15) is 18.4 Å². The summed E-state index contributed by atoms with van der Waals surface area (Å²) in [5.41, 5.74) is 6.88. The Hall–Kier alpha value is -0.890. The van der Waals surface area contributed by atoms with Crippen LogP contribution in [0.5, 0.6) is 0 Å². The van der Waals surface area contributed by atoms with Crippen LogP contribution < -0.4 is 5.73 Å². The molecule has 0 amide bonds. The zero-order valence-corrected chi connectivity index (χ0v) is 7.54. The second-order valence-corrected chi connectivity index (χ2v) is 3.84. The Labute approximate surface area is 77.8 Å². The van der Waals surface area contributed by atoms with E-state index in [1.54, 1.807) is 12.1 Å². The van der Waals surface area contributed by atoms with E-state index in [-0.39, 0.29) is 5.82 Å². The molecule has 2 heteroatoms. The molecular formula is C11H14FN. The van der Waals surface area contributed by atoms with Crippen LogP contribution in [0.2, 0.25) is 0 Å². The molecule has 0 spiro atoms. The lowest BCUT2D eigenvalue weighted by Crippen LogP contribution is -2.40. The lowest BCUT2D eigenvalue weighted by atomic mass is 9.76. The minimum absolute atomic E-state index is 0.148. The number of halogens is 1. The highest BCUT2D eigenvalue weighted by molar-refractivity contribution is 5.17. The molecular weight excluding hydrogens is 165 g/mol. The molecule has 0 bridgehead atoms. The largest absolute Gasteiger partial charge is 0.327 e. The van der Waals surface area contributed by atoms with Crippen LogP contribution in [0, 0.1) is 11.7 Å². The third kappa shape index (κ3) is 1.89. The molecule has 13 heavy (non-hydrogen) atoms. The Morgan fingerprint density at radius 1 is 1.38 bits per heavy atom. The zero-order valence-electron chi connectivity index (χ0n) is 7.54. The predicted molar refractivity (Wildman–Crippen MR) is 50.8 cm³/mol. The maximum Gasteiger partial charge on any atom is 0.123 e. The van der Waals surface area contributed by atoms with Crippen molar-refractivity contribution in [2.45, 2.75) is 25.3 Å². The van der Waals surface area contributed by atoms with Crippen molar-refractivity contribution in [2.24, 2.45) is 11.7 Å². The molecule has 2 rings (SSSR count). The van der Waals surface area contributed by atoms with E-state index in [9.17, 15) is 4.39 Å². The van der Waals surface area contributed by atoms with Crippen molar-refractivity contribution in [2.75, 3.05) is 0 Å². The summed E-state index contributed by atoms with van der Waals surface area (Å²) in [4.78, 5) is 0. The van der Waals surface area contributed by atoms with Crippen molar-refractivity contribution >= 4 is 0 Å². The van der Waals surface area contributed by atoms with Gasteiger partial charge < -0.3 is 5.73 Å². The lowest BCUT2D eigenvalue weighted by Gasteiger charge is -2.33. The molecule has 1 nitrogen and oxygen atoms in total. The molecule has 0 aromatic heterocycles. The van der Waals surface area contributed by atoms with Gasteiger partial charge in [-0.2, -0.15) is 0 Å². The second kappa shape index (κ2) is 3.46. The fraction of sp³-hybridized carbons (Fsp3) is 0.455. The molecule has 1 saturated carbocycles. The average Bonchev–Trinajstić information content (AvgIpc) is 2.12. The summed E-state index contributed by atoms with van der Waals surface area (Å²) in [7, 11) is 0. The molecule has 0 aliphatic heterocycles. The molecule has 1 fully saturated rings. The second-order valence-electron chi connectivity index (χ2n) is 3.84. The van der Waals surface area contributed by atoms with E-state index < -0.39 is 0 Å². The lowest BCUT2D eigenvalue weighted by molar-refractivity contribution is 0.255. The fourth-order valence-corrected chi connectivity index (χ4v) is 1.81. The highest BCUT2D eigenvalue weighted by Gasteiger charge is 2.27. The van der Waals surface area contributed by atoms with Gasteiger partial charge in [-0.1, -0.05) is 12.1 Å². The van der Waals surface area contributed by atoms with Gasteiger partial charge in [0, 0.05) is 6.04 Å². The minimum atomic E-state index is -0.148. The Balaban J connectivity index is 2.01. The van der Waals surface area contributed by atoms with E-state index in [0.717, 1.165) is 18.4 Å². The van der Waals surface area contributed by atoms with E-state index in [1.807, 2.05) is 6.07 Å². The summed E-state index contributed by atoms with van der Waals surface area (Å²) >= 11 is 0. The molecule has 0 heterocycles. The van der Waals surface area contributed by atoms with E-state index in [0.29, 0.717) is 12.0 Å². The van der Waals surface area contributed by atoms with Gasteiger partial charge in [0.1, 0.15) is 5.82 Å². The molecule has 1 aliphatic carbocycles. The third-order valence-corrected chi connectivity index (χ3v) is 2.86. The highest BCUT2D eigenvalue weighted by Crippen LogP contribution is 2.28. The quantitative estimate of drug-likeness (QED) is 0.739. The summed E-state index contributed by atoms with van der Waals surface area (Å²) in [6.45, 7) is 0. The standard InChI is InChI=1S/C11H14FN/c12-10-3-1-2-8(7-10)6-9-4-5-11(9)13/h1-3,7,9,11H,4-6,13H2. The van der Waals surface area contributed by atoms with Gasteiger partial charge in [-0.25, -0.2) is 4.39 Å². The van der Waals surface area contributed by atoms with Crippen LogP contribution in [-0.2, 0) is 6.42 Å². The van der Waals surface area contributed by atoms with E-state index in [4.69, 9.17) is 5.73 Å². The van der Waals surface area contributed by atoms with E-state index >= 15 is 0 Å². The first-order valence-electron chi connectivity index (χ1n) is 4.76. The van der Waals surface area contributed by atoms with Gasteiger partial charge in [-0.05, 0) is 42.9 Å². The number of benzene rings is 1. The van der Waals surface area contributed by atoms with Crippen LogP contribution in [0.4, 0.5) is 4.39 Å². The summed E-state index contributed by atoms with van der Waals surface area (Å²) in [6, 6.07) is 7.14. The van der Waals surface area contributed by atoms with Crippen LogP contribution in [0.3, 0.4) is 0 Å². The predicted octanol–water partition coefficient (Wildman–Crippen LogP) is 2.11. The molecule has 0 saturated heterocycles. The smallest absolute Gasteiger partial charge is 0.123 e. The van der Waals surface area contributed by atoms with Gasteiger partial charge >= 0.3 is 0 Å². The third-order valence-electron chi connectivity index (χ3n) is 2.86. The highest BCUT2D eigenvalue weighted by atomic mass is 19.1. The van der Waals surface area contributed by atoms with Crippen molar-refractivity contribution in [3.63, 3.8) is 0 Å². The summed E-state index contributed by atoms with van der Waals surface area (Å²) in [5.74, 6) is 0.423. The van der Waals surface area contributed by atoms with Crippen molar-refractivity contribution in [1.82, 2.24) is 0 Å². The van der Waals surface area contributed by atoms with E-state index in [1.165, 1.54) is 12.5 Å². The van der Waals surface area contributed by atoms with Gasteiger partial charge in [0.2, 0.25) is 0 Å². The van der Waals surface area contributed by atoms with E-state index in [2.05, 4.69) is 0 Å². The van der Waals surface area contributed by atoms with Gasteiger partial charge in [0.25, 0.3) is 0 Å². The van der Waals surface area contributed by atoms with Crippen LogP contribution in [0.25, 0.3) is 0 Å². The molecule has 0 radical (unpaired) electrons. The molecule has 2 atom stereocenters. The van der Waals surface area contributed by atoms with Crippen molar-refractivity contribution in [1.29, 1.82) is 0 Å². The molecule has 2 unspecified atom stereocenters. The zero-order chi connectivity index (χ0) is 9.26. The Morgan fingerprint density at radius 3 is 2.77 bits per heavy atom. The molecule has 1 aromatic rings. The van der Waals surface area contributed by atoms with Crippen molar-refractivity contribution < 1.29 is 4.39 Å². The molecule has 1 aliphatic rings. The summed E-state index contributed by atoms with van der Waals surface area (Å²) in [6.07, 6.45) is 3.25. The topological polar surface area (TPSA) is 26.0 Å². The monoisotopic (exact) mass is 179 g/mol. The van der Waals surface area contributed by atoms with Gasteiger partial charge in [-0.15, -0.1) is 0 Å². The van der Waals surface area contributed by atoms with Gasteiger partial charge in [0.05, 0.1) is 0 Å². The first-order valence-corrected chi connectivity index (χ1v) is 4.76.